The summed E-state index contributed by atoms with van der Waals surface area (Å²) in [5.74, 6) is 1.32. The number of rotatable bonds is 4. The van der Waals surface area contributed by atoms with E-state index in [1.54, 1.807) is 0 Å². The molecule has 2 nitrogen and oxygen atoms in total. The molecule has 0 aliphatic carbocycles. The molecule has 1 atom stereocenters. The maximum absolute atomic E-state index is 3.62. The highest BCUT2D eigenvalue weighted by Crippen LogP contribution is 2.37. The van der Waals surface area contributed by atoms with Gasteiger partial charge in [-0.15, -0.1) is 0 Å². The van der Waals surface area contributed by atoms with Crippen molar-refractivity contribution in [3.63, 3.8) is 0 Å². The van der Waals surface area contributed by atoms with Crippen molar-refractivity contribution in [1.29, 1.82) is 0 Å². The second-order valence-corrected chi connectivity index (χ2v) is 7.05. The maximum atomic E-state index is 3.62. The summed E-state index contributed by atoms with van der Waals surface area (Å²) in [5, 5.41) is 4.96. The summed E-state index contributed by atoms with van der Waals surface area (Å²) in [6.07, 6.45) is 4.84. The van der Waals surface area contributed by atoms with Crippen molar-refractivity contribution >= 4 is 22.7 Å². The molecule has 18 heavy (non-hydrogen) atoms. The van der Waals surface area contributed by atoms with Crippen molar-refractivity contribution in [3.05, 3.63) is 36.0 Å². The van der Waals surface area contributed by atoms with E-state index in [-0.39, 0.29) is 0 Å². The third-order valence-corrected chi connectivity index (χ3v) is 5.33. The number of hydrogen-bond acceptors (Lipinski definition) is 2. The van der Waals surface area contributed by atoms with Crippen molar-refractivity contribution in [2.24, 2.45) is 0 Å². The Kier molecular flexibility index (Phi) is 3.35. The van der Waals surface area contributed by atoms with E-state index in [1.807, 2.05) is 0 Å². The highest BCUT2D eigenvalue weighted by atomic mass is 32.2. The molecule has 3 rings (SSSR count). The molecule has 0 radical (unpaired) electrons. The molecule has 0 amide bonds. The van der Waals surface area contributed by atoms with Crippen LogP contribution in [0.2, 0.25) is 0 Å². The number of H-pyrrole nitrogens is 1. The van der Waals surface area contributed by atoms with Gasteiger partial charge < -0.3 is 10.3 Å². The minimum atomic E-state index is 0.451. The zero-order chi connectivity index (χ0) is 12.4. The molecule has 0 bridgehead atoms. The van der Waals surface area contributed by atoms with E-state index in [9.17, 15) is 0 Å². The fourth-order valence-electron chi connectivity index (χ4n) is 2.72. The van der Waals surface area contributed by atoms with Crippen LogP contribution in [0.15, 0.2) is 30.5 Å². The van der Waals surface area contributed by atoms with Crippen molar-refractivity contribution in [1.82, 2.24) is 10.3 Å². The molecule has 1 aliphatic rings. The Hall–Kier alpha value is -0.930. The fraction of sp³-hybridized carbons (Fsp3) is 0.467. The van der Waals surface area contributed by atoms with Gasteiger partial charge in [0.25, 0.3) is 0 Å². The normalized spacial score (nSPS) is 23.8. The molecule has 1 fully saturated rings. The largest absolute Gasteiger partial charge is 0.361 e. The first-order valence-electron chi connectivity index (χ1n) is 6.67. The van der Waals surface area contributed by atoms with Crippen LogP contribution in [0.5, 0.6) is 0 Å². The smallest absolute Gasteiger partial charge is 0.0457 e. The topological polar surface area (TPSA) is 27.8 Å². The number of thioether (sulfide) groups is 1. The maximum Gasteiger partial charge on any atom is 0.0457 e. The number of aromatic nitrogens is 1. The van der Waals surface area contributed by atoms with Gasteiger partial charge in [-0.2, -0.15) is 11.8 Å². The molecule has 1 aliphatic heterocycles. The van der Waals surface area contributed by atoms with Gasteiger partial charge in [0.2, 0.25) is 0 Å². The number of fused-ring (bicyclic) bond motifs is 1. The van der Waals surface area contributed by atoms with Gasteiger partial charge in [0.1, 0.15) is 0 Å². The van der Waals surface area contributed by atoms with Crippen LogP contribution in [0.25, 0.3) is 10.9 Å². The van der Waals surface area contributed by atoms with E-state index < -0.39 is 0 Å². The first-order valence-corrected chi connectivity index (χ1v) is 7.65. The molecule has 1 saturated heterocycles. The van der Waals surface area contributed by atoms with Gasteiger partial charge in [0.15, 0.2) is 0 Å². The first kappa shape index (κ1) is 12.1. The second-order valence-electron chi connectivity index (χ2n) is 5.36. The molecule has 2 heterocycles. The Morgan fingerprint density at radius 3 is 3.11 bits per heavy atom. The lowest BCUT2D eigenvalue weighted by Gasteiger charge is -2.22. The Morgan fingerprint density at radius 1 is 1.39 bits per heavy atom. The number of para-hydroxylation sites is 1. The number of hydrogen-bond donors (Lipinski definition) is 2. The molecule has 1 unspecified atom stereocenters. The monoisotopic (exact) mass is 260 g/mol. The van der Waals surface area contributed by atoms with E-state index >= 15 is 0 Å². The summed E-state index contributed by atoms with van der Waals surface area (Å²) in [6, 6.07) is 8.50. The number of benzene rings is 1. The van der Waals surface area contributed by atoms with Crippen LogP contribution in [0, 0.1) is 0 Å². The standard InChI is InChI=1S/C15H20N2S/c1-15(7-4-8-18-15)11-16-9-12-10-17-14-6-3-2-5-13(12)14/h2-3,5-6,10,16-17H,4,7-9,11H2,1H3. The van der Waals surface area contributed by atoms with E-state index in [2.05, 4.69) is 59.4 Å². The van der Waals surface area contributed by atoms with Crippen LogP contribution >= 0.6 is 11.8 Å². The first-order chi connectivity index (χ1) is 8.77. The van der Waals surface area contributed by atoms with Gasteiger partial charge in [-0.25, -0.2) is 0 Å². The van der Waals surface area contributed by atoms with Gasteiger partial charge in [-0.05, 0) is 37.1 Å². The van der Waals surface area contributed by atoms with Crippen LogP contribution in [-0.4, -0.2) is 22.0 Å². The minimum Gasteiger partial charge on any atom is -0.361 e. The van der Waals surface area contributed by atoms with Crippen molar-refractivity contribution in [3.8, 4) is 0 Å². The average molecular weight is 260 g/mol. The van der Waals surface area contributed by atoms with Gasteiger partial charge >= 0.3 is 0 Å². The third kappa shape index (κ3) is 2.43. The lowest BCUT2D eigenvalue weighted by Crippen LogP contribution is -2.32. The quantitative estimate of drug-likeness (QED) is 0.880. The molecule has 96 valence electrons. The Labute approximate surface area is 113 Å². The van der Waals surface area contributed by atoms with Crippen LogP contribution in [-0.2, 0) is 6.54 Å². The number of nitrogens with one attached hydrogen (secondary N) is 2. The molecule has 0 spiro atoms. The van der Waals surface area contributed by atoms with Gasteiger partial charge in [0.05, 0.1) is 0 Å². The Morgan fingerprint density at radius 2 is 2.28 bits per heavy atom. The molecule has 1 aromatic carbocycles. The Bertz CT molecular complexity index is 526. The molecule has 3 heteroatoms. The summed E-state index contributed by atoms with van der Waals surface area (Å²) in [7, 11) is 0. The lowest BCUT2D eigenvalue weighted by atomic mass is 10.1. The molecular formula is C15H20N2S. The highest BCUT2D eigenvalue weighted by Gasteiger charge is 2.28. The summed E-state index contributed by atoms with van der Waals surface area (Å²) in [4.78, 5) is 3.33. The zero-order valence-corrected chi connectivity index (χ0v) is 11.6. The van der Waals surface area contributed by atoms with E-state index in [1.165, 1.54) is 35.1 Å². The summed E-state index contributed by atoms with van der Waals surface area (Å²) in [6.45, 7) is 4.45. The SMILES string of the molecule is CC1(CNCc2c[nH]c3ccccc23)CCCS1. The number of aromatic amines is 1. The van der Waals surface area contributed by atoms with Crippen molar-refractivity contribution in [2.45, 2.75) is 31.1 Å². The Balaban J connectivity index is 1.63. The predicted molar refractivity (Wildman–Crippen MR) is 80.1 cm³/mol. The predicted octanol–water partition coefficient (Wildman–Crippen LogP) is 3.54. The van der Waals surface area contributed by atoms with Gasteiger partial charge in [-0.3, -0.25) is 0 Å². The molecule has 2 aromatic rings. The van der Waals surface area contributed by atoms with E-state index in [0.717, 1.165) is 13.1 Å². The van der Waals surface area contributed by atoms with Crippen LogP contribution in [0.1, 0.15) is 25.3 Å². The van der Waals surface area contributed by atoms with Crippen LogP contribution in [0.4, 0.5) is 0 Å². The lowest BCUT2D eigenvalue weighted by molar-refractivity contribution is 0.538. The molecule has 2 N–H and O–H groups in total. The second kappa shape index (κ2) is 4.98. The molecule has 1 aromatic heterocycles. The van der Waals surface area contributed by atoms with Crippen LogP contribution < -0.4 is 5.32 Å². The minimum absolute atomic E-state index is 0.451. The van der Waals surface area contributed by atoms with Crippen LogP contribution in [0.3, 0.4) is 0 Å². The van der Waals surface area contributed by atoms with E-state index in [4.69, 9.17) is 0 Å². The fourth-order valence-corrected chi connectivity index (χ4v) is 3.99. The zero-order valence-electron chi connectivity index (χ0n) is 10.8. The van der Waals surface area contributed by atoms with Crippen molar-refractivity contribution < 1.29 is 0 Å². The van der Waals surface area contributed by atoms with E-state index in [0.29, 0.717) is 4.75 Å². The molecular weight excluding hydrogens is 240 g/mol. The summed E-state index contributed by atoms with van der Waals surface area (Å²) in [5.41, 5.74) is 2.60. The highest BCUT2D eigenvalue weighted by molar-refractivity contribution is 8.00. The average Bonchev–Trinajstić information content (AvgIpc) is 2.97. The third-order valence-electron chi connectivity index (χ3n) is 3.79. The van der Waals surface area contributed by atoms with Gasteiger partial charge in [0, 0.05) is 34.9 Å². The van der Waals surface area contributed by atoms with Crippen molar-refractivity contribution in [2.75, 3.05) is 12.3 Å². The molecule has 0 saturated carbocycles. The summed E-state index contributed by atoms with van der Waals surface area (Å²) >= 11 is 2.12. The summed E-state index contributed by atoms with van der Waals surface area (Å²) < 4.78 is 0.451. The van der Waals surface area contributed by atoms with Gasteiger partial charge in [-0.1, -0.05) is 18.2 Å².